The number of hydrogen-bond acceptors (Lipinski definition) is 5. The van der Waals surface area contributed by atoms with Gasteiger partial charge in [0, 0.05) is 17.8 Å². The van der Waals surface area contributed by atoms with Crippen LogP contribution in [-0.2, 0) is 10.0 Å². The van der Waals surface area contributed by atoms with E-state index in [1.165, 1.54) is 19.2 Å². The molecule has 0 aliphatic rings. The van der Waals surface area contributed by atoms with E-state index in [0.717, 1.165) is 13.0 Å². The van der Waals surface area contributed by atoms with Gasteiger partial charge in [0.1, 0.15) is 10.6 Å². The largest absolute Gasteiger partial charge is 0.495 e. The summed E-state index contributed by atoms with van der Waals surface area (Å²) >= 11 is 0. The van der Waals surface area contributed by atoms with Gasteiger partial charge in [-0.15, -0.1) is 0 Å². The van der Waals surface area contributed by atoms with Gasteiger partial charge < -0.3 is 15.4 Å². The fourth-order valence-electron chi connectivity index (χ4n) is 1.75. The van der Waals surface area contributed by atoms with Gasteiger partial charge in [-0.3, -0.25) is 0 Å². The number of rotatable bonds is 7. The monoisotopic (exact) mass is 301 g/mol. The topological polar surface area (TPSA) is 84.7 Å². The molecule has 1 atom stereocenters. The highest BCUT2D eigenvalue weighted by atomic mass is 32.2. The fourth-order valence-corrected chi connectivity index (χ4v) is 3.17. The summed E-state index contributed by atoms with van der Waals surface area (Å²) in [7, 11) is 1.70. The molecule has 7 heteroatoms. The van der Waals surface area contributed by atoms with Crippen LogP contribution >= 0.6 is 0 Å². The molecule has 6 nitrogen and oxygen atoms in total. The van der Waals surface area contributed by atoms with Gasteiger partial charge in [-0.05, 0) is 46.1 Å². The van der Waals surface area contributed by atoms with Crippen molar-refractivity contribution in [3.05, 3.63) is 18.2 Å². The van der Waals surface area contributed by atoms with Gasteiger partial charge in [0.05, 0.1) is 7.11 Å². The Bertz CT molecular complexity index is 544. The van der Waals surface area contributed by atoms with Gasteiger partial charge in [-0.2, -0.15) is 0 Å². The number of ether oxygens (including phenoxy) is 1. The Kier molecular flexibility index (Phi) is 5.79. The standard InChI is InChI=1S/C13H23N3O3S/c1-10(7-8-16(2)3)15-20(17,18)13-6-5-11(14)9-12(13)19-4/h5-6,9-10,15H,7-8,14H2,1-4H3. The average molecular weight is 301 g/mol. The number of benzene rings is 1. The van der Waals surface area contributed by atoms with Crippen LogP contribution in [-0.4, -0.2) is 47.1 Å². The predicted octanol–water partition coefficient (Wildman–Crippen LogP) is 0.896. The number of anilines is 1. The number of hydrogen-bond donors (Lipinski definition) is 2. The first-order chi connectivity index (χ1) is 9.26. The third kappa shape index (κ3) is 4.66. The minimum atomic E-state index is -3.62. The minimum absolute atomic E-state index is 0.103. The molecule has 0 bridgehead atoms. The van der Waals surface area contributed by atoms with Crippen molar-refractivity contribution in [1.29, 1.82) is 0 Å². The first-order valence-corrected chi connectivity index (χ1v) is 7.85. The summed E-state index contributed by atoms with van der Waals surface area (Å²) in [5.41, 5.74) is 6.09. The highest BCUT2D eigenvalue weighted by molar-refractivity contribution is 7.89. The second-order valence-corrected chi connectivity index (χ2v) is 6.71. The number of methoxy groups -OCH3 is 1. The molecule has 0 radical (unpaired) electrons. The van der Waals surface area contributed by atoms with Gasteiger partial charge in [0.2, 0.25) is 10.0 Å². The summed E-state index contributed by atoms with van der Waals surface area (Å²) in [6.07, 6.45) is 0.726. The Balaban J connectivity index is 2.88. The SMILES string of the molecule is COc1cc(N)ccc1S(=O)(=O)NC(C)CCN(C)C. The molecule has 1 unspecified atom stereocenters. The van der Waals surface area contributed by atoms with Crippen molar-refractivity contribution in [2.24, 2.45) is 0 Å². The molecule has 114 valence electrons. The molecule has 0 aliphatic carbocycles. The van der Waals surface area contributed by atoms with Gasteiger partial charge in [-0.25, -0.2) is 13.1 Å². The molecule has 20 heavy (non-hydrogen) atoms. The maximum absolute atomic E-state index is 12.3. The summed E-state index contributed by atoms with van der Waals surface area (Å²) in [4.78, 5) is 2.11. The van der Waals surface area contributed by atoms with Gasteiger partial charge in [-0.1, -0.05) is 0 Å². The van der Waals surface area contributed by atoms with Crippen LogP contribution in [0.25, 0.3) is 0 Å². The van der Waals surface area contributed by atoms with Crippen LogP contribution in [0.2, 0.25) is 0 Å². The van der Waals surface area contributed by atoms with Gasteiger partial charge >= 0.3 is 0 Å². The smallest absolute Gasteiger partial charge is 0.244 e. The number of nitrogen functional groups attached to an aromatic ring is 1. The lowest BCUT2D eigenvalue weighted by Crippen LogP contribution is -2.35. The van der Waals surface area contributed by atoms with E-state index in [0.29, 0.717) is 5.69 Å². The lowest BCUT2D eigenvalue weighted by atomic mass is 10.2. The Morgan fingerprint density at radius 3 is 2.60 bits per heavy atom. The van der Waals surface area contributed by atoms with Crippen LogP contribution < -0.4 is 15.2 Å². The summed E-state index contributed by atoms with van der Waals surface area (Å²) in [6.45, 7) is 2.65. The van der Waals surface area contributed by atoms with Crippen LogP contribution in [0.15, 0.2) is 23.1 Å². The molecule has 1 rings (SSSR count). The van der Waals surface area contributed by atoms with Crippen molar-refractivity contribution < 1.29 is 13.2 Å². The second kappa shape index (κ2) is 6.92. The Morgan fingerprint density at radius 2 is 2.05 bits per heavy atom. The molecule has 0 saturated heterocycles. The molecule has 1 aromatic rings. The van der Waals surface area contributed by atoms with Gasteiger partial charge in [0.25, 0.3) is 0 Å². The molecule has 0 saturated carbocycles. The Hall–Kier alpha value is -1.31. The molecule has 0 amide bonds. The maximum Gasteiger partial charge on any atom is 0.244 e. The molecule has 0 aromatic heterocycles. The van der Waals surface area contributed by atoms with E-state index in [4.69, 9.17) is 10.5 Å². The maximum atomic E-state index is 12.3. The summed E-state index contributed by atoms with van der Waals surface area (Å²) in [6, 6.07) is 4.33. The predicted molar refractivity (Wildman–Crippen MR) is 80.4 cm³/mol. The average Bonchev–Trinajstić information content (AvgIpc) is 2.35. The van der Waals surface area contributed by atoms with Crippen molar-refractivity contribution in [2.45, 2.75) is 24.3 Å². The summed E-state index contributed by atoms with van der Waals surface area (Å²) in [5.74, 6) is 0.248. The van der Waals surface area contributed by atoms with E-state index in [1.807, 2.05) is 25.9 Å². The lowest BCUT2D eigenvalue weighted by Gasteiger charge is -2.18. The normalized spacial score (nSPS) is 13.4. The van der Waals surface area contributed by atoms with Crippen LogP contribution in [0.5, 0.6) is 5.75 Å². The molecule has 0 aliphatic heterocycles. The number of nitrogens with two attached hydrogens (primary N) is 1. The van der Waals surface area contributed by atoms with Crippen LogP contribution in [0.3, 0.4) is 0 Å². The van der Waals surface area contributed by atoms with Crippen molar-refractivity contribution in [3.8, 4) is 5.75 Å². The third-order valence-corrected chi connectivity index (χ3v) is 4.47. The van der Waals surface area contributed by atoms with Crippen molar-refractivity contribution >= 4 is 15.7 Å². The summed E-state index contributed by atoms with van der Waals surface area (Å²) < 4.78 is 32.4. The molecule has 0 spiro atoms. The molecule has 1 aromatic carbocycles. The molecular formula is C13H23N3O3S. The quantitative estimate of drug-likeness (QED) is 0.731. The van der Waals surface area contributed by atoms with Gasteiger partial charge in [0.15, 0.2) is 0 Å². The van der Waals surface area contributed by atoms with E-state index >= 15 is 0 Å². The highest BCUT2D eigenvalue weighted by Gasteiger charge is 2.21. The first kappa shape index (κ1) is 16.7. The third-order valence-electron chi connectivity index (χ3n) is 2.84. The van der Waals surface area contributed by atoms with Crippen LogP contribution in [0.1, 0.15) is 13.3 Å². The highest BCUT2D eigenvalue weighted by Crippen LogP contribution is 2.26. The number of nitrogens with one attached hydrogen (secondary N) is 1. The van der Waals surface area contributed by atoms with Crippen molar-refractivity contribution in [3.63, 3.8) is 0 Å². The van der Waals surface area contributed by atoms with E-state index < -0.39 is 10.0 Å². The van der Waals surface area contributed by atoms with Crippen molar-refractivity contribution in [1.82, 2.24) is 9.62 Å². The molecule has 3 N–H and O–H groups in total. The second-order valence-electron chi connectivity index (χ2n) is 5.02. The van der Waals surface area contributed by atoms with Crippen molar-refractivity contribution in [2.75, 3.05) is 33.5 Å². The van der Waals surface area contributed by atoms with E-state index in [9.17, 15) is 8.42 Å². The fraction of sp³-hybridized carbons (Fsp3) is 0.538. The zero-order chi connectivity index (χ0) is 15.3. The van der Waals surface area contributed by atoms with E-state index in [1.54, 1.807) is 6.07 Å². The first-order valence-electron chi connectivity index (χ1n) is 6.37. The van der Waals surface area contributed by atoms with E-state index in [-0.39, 0.29) is 16.7 Å². The Morgan fingerprint density at radius 1 is 1.40 bits per heavy atom. The molecule has 0 fully saturated rings. The van der Waals surface area contributed by atoms with Crippen LogP contribution in [0.4, 0.5) is 5.69 Å². The zero-order valence-corrected chi connectivity index (χ0v) is 13.2. The van der Waals surface area contributed by atoms with E-state index in [2.05, 4.69) is 4.72 Å². The molecule has 0 heterocycles. The molecular weight excluding hydrogens is 278 g/mol. The number of sulfonamides is 1. The van der Waals surface area contributed by atoms with Crippen LogP contribution in [0, 0.1) is 0 Å². The zero-order valence-electron chi connectivity index (χ0n) is 12.4. The minimum Gasteiger partial charge on any atom is -0.495 e. The number of nitrogens with zero attached hydrogens (tertiary/aromatic N) is 1. The lowest BCUT2D eigenvalue weighted by molar-refractivity contribution is 0.378. The summed E-state index contributed by atoms with van der Waals surface area (Å²) in [5, 5.41) is 0. The Labute approximate surface area is 121 Å².